The van der Waals surface area contributed by atoms with Crippen LogP contribution in [-0.4, -0.2) is 61.9 Å². The summed E-state index contributed by atoms with van der Waals surface area (Å²) in [5.74, 6) is 1.12. The molecule has 2 aliphatic heterocycles. The van der Waals surface area contributed by atoms with E-state index in [0.29, 0.717) is 46.4 Å². The first kappa shape index (κ1) is 23.2. The van der Waals surface area contributed by atoms with Gasteiger partial charge in [0.05, 0.1) is 27.8 Å². The minimum Gasteiger partial charge on any atom is -0.381 e. The van der Waals surface area contributed by atoms with Gasteiger partial charge < -0.3 is 25.4 Å². The summed E-state index contributed by atoms with van der Waals surface area (Å²) in [5, 5.41) is 10.3. The van der Waals surface area contributed by atoms with Gasteiger partial charge in [0.1, 0.15) is 11.6 Å². The van der Waals surface area contributed by atoms with Gasteiger partial charge in [0, 0.05) is 51.7 Å². The lowest BCUT2D eigenvalue weighted by Gasteiger charge is -2.23. The smallest absolute Gasteiger partial charge is 0.232 e. The Bertz CT molecular complexity index is 955. The van der Waals surface area contributed by atoms with Crippen molar-refractivity contribution in [3.05, 3.63) is 34.4 Å². The van der Waals surface area contributed by atoms with Gasteiger partial charge in [-0.15, -0.1) is 0 Å². The average Bonchev–Trinajstić information content (AvgIpc) is 3.28. The van der Waals surface area contributed by atoms with E-state index in [4.69, 9.17) is 32.7 Å². The first-order valence-corrected chi connectivity index (χ1v) is 11.5. The van der Waals surface area contributed by atoms with Crippen molar-refractivity contribution >= 4 is 40.7 Å². The zero-order chi connectivity index (χ0) is 22.5. The number of anilines is 2. The van der Waals surface area contributed by atoms with E-state index in [9.17, 15) is 4.79 Å². The lowest BCUT2D eigenvalue weighted by Crippen LogP contribution is -2.33. The summed E-state index contributed by atoms with van der Waals surface area (Å²) < 4.78 is 10.8. The third-order valence-electron chi connectivity index (χ3n) is 5.91. The van der Waals surface area contributed by atoms with Crippen LogP contribution in [0.4, 0.5) is 11.6 Å². The summed E-state index contributed by atoms with van der Waals surface area (Å²) in [5.41, 5.74) is 1.31. The quantitative estimate of drug-likeness (QED) is 0.559. The number of nitrogens with zero attached hydrogens (tertiary/aromatic N) is 2. The molecule has 0 bridgehead atoms. The Labute approximate surface area is 197 Å². The van der Waals surface area contributed by atoms with Crippen LogP contribution in [0.25, 0.3) is 11.3 Å². The molecule has 0 saturated carbocycles. The number of rotatable bonds is 7. The minimum atomic E-state index is -0.274. The molecule has 3 N–H and O–H groups in total. The van der Waals surface area contributed by atoms with Gasteiger partial charge in [0.2, 0.25) is 5.91 Å². The fraction of sp³-hybridized carbons (Fsp3) is 0.500. The molecule has 0 radical (unpaired) electrons. The standard InChI is InChI=1S/C22H27Cl2N5O3/c1-31-18-12-25-11-15(18)22(30)28-19-8-14(2-5-26-19)20-16(23)9-17(24)21(29-20)27-10-13-3-6-32-7-4-13/h2,5,8-9,13,15,18,25H,3-4,6-7,10-12H2,1H3,(H,27,29)(H,26,28,30)/t15-,18-/m0/s1. The van der Waals surface area contributed by atoms with E-state index in [0.717, 1.165) is 38.2 Å². The van der Waals surface area contributed by atoms with Crippen LogP contribution < -0.4 is 16.0 Å². The lowest BCUT2D eigenvalue weighted by atomic mass is 10.0. The maximum Gasteiger partial charge on any atom is 0.232 e. The Hall–Kier alpha value is -1.97. The van der Waals surface area contributed by atoms with E-state index >= 15 is 0 Å². The van der Waals surface area contributed by atoms with Crippen LogP contribution in [0.3, 0.4) is 0 Å². The van der Waals surface area contributed by atoms with Crippen molar-refractivity contribution in [3.8, 4) is 11.3 Å². The van der Waals surface area contributed by atoms with Gasteiger partial charge in [0.25, 0.3) is 0 Å². The highest BCUT2D eigenvalue weighted by Crippen LogP contribution is 2.33. The maximum atomic E-state index is 12.7. The van der Waals surface area contributed by atoms with Crippen molar-refractivity contribution in [2.75, 3.05) is 50.6 Å². The van der Waals surface area contributed by atoms with Crippen molar-refractivity contribution in [3.63, 3.8) is 0 Å². The summed E-state index contributed by atoms with van der Waals surface area (Å²) in [7, 11) is 1.61. The molecule has 2 aromatic rings. The maximum absolute atomic E-state index is 12.7. The first-order valence-electron chi connectivity index (χ1n) is 10.7. The zero-order valence-corrected chi connectivity index (χ0v) is 19.4. The second-order valence-electron chi connectivity index (χ2n) is 8.04. The summed E-state index contributed by atoms with van der Waals surface area (Å²) in [6, 6.07) is 5.24. The molecule has 2 fully saturated rings. The van der Waals surface area contributed by atoms with E-state index in [1.807, 2.05) is 0 Å². The van der Waals surface area contributed by atoms with Crippen LogP contribution in [0.2, 0.25) is 10.0 Å². The molecule has 2 saturated heterocycles. The number of halogens is 2. The number of amides is 1. The number of carbonyl (C=O) groups excluding carboxylic acids is 1. The molecule has 32 heavy (non-hydrogen) atoms. The molecule has 4 heterocycles. The average molecular weight is 480 g/mol. The summed E-state index contributed by atoms with van der Waals surface area (Å²) >= 11 is 12.8. The zero-order valence-electron chi connectivity index (χ0n) is 17.9. The van der Waals surface area contributed by atoms with Crippen molar-refractivity contribution in [1.82, 2.24) is 15.3 Å². The van der Waals surface area contributed by atoms with Gasteiger partial charge in [-0.1, -0.05) is 23.2 Å². The number of methoxy groups -OCH3 is 1. The van der Waals surface area contributed by atoms with Gasteiger partial charge in [-0.3, -0.25) is 4.79 Å². The Morgan fingerprint density at radius 1 is 1.25 bits per heavy atom. The largest absolute Gasteiger partial charge is 0.381 e. The summed E-state index contributed by atoms with van der Waals surface area (Å²) in [4.78, 5) is 21.6. The van der Waals surface area contributed by atoms with Crippen molar-refractivity contribution < 1.29 is 14.3 Å². The number of pyridine rings is 2. The number of hydrogen-bond acceptors (Lipinski definition) is 7. The van der Waals surface area contributed by atoms with Gasteiger partial charge >= 0.3 is 0 Å². The molecule has 0 spiro atoms. The molecule has 10 heteroatoms. The topological polar surface area (TPSA) is 97.4 Å². The Morgan fingerprint density at radius 2 is 2.06 bits per heavy atom. The fourth-order valence-corrected chi connectivity index (χ4v) is 4.55. The second kappa shape index (κ2) is 10.8. The third kappa shape index (κ3) is 5.50. The molecule has 4 rings (SSSR count). The number of ether oxygens (including phenoxy) is 2. The second-order valence-corrected chi connectivity index (χ2v) is 8.86. The minimum absolute atomic E-state index is 0.138. The molecule has 2 aliphatic rings. The van der Waals surface area contributed by atoms with Crippen molar-refractivity contribution in [2.45, 2.75) is 18.9 Å². The highest BCUT2D eigenvalue weighted by atomic mass is 35.5. The molecule has 8 nitrogen and oxygen atoms in total. The molecule has 2 aromatic heterocycles. The first-order chi connectivity index (χ1) is 15.5. The van der Waals surface area contributed by atoms with Crippen LogP contribution in [-0.2, 0) is 14.3 Å². The molecule has 0 unspecified atom stereocenters. The van der Waals surface area contributed by atoms with Crippen molar-refractivity contribution in [2.24, 2.45) is 11.8 Å². The monoisotopic (exact) mass is 479 g/mol. The Kier molecular flexibility index (Phi) is 7.80. The van der Waals surface area contributed by atoms with E-state index < -0.39 is 0 Å². The van der Waals surface area contributed by atoms with E-state index in [1.54, 1.807) is 31.5 Å². The summed E-state index contributed by atoms with van der Waals surface area (Å²) in [6.45, 7) is 3.55. The van der Waals surface area contributed by atoms with Crippen molar-refractivity contribution in [1.29, 1.82) is 0 Å². The normalized spacial score (nSPS) is 21.5. The van der Waals surface area contributed by atoms with Gasteiger partial charge in [-0.05, 0) is 37.0 Å². The molecular weight excluding hydrogens is 453 g/mol. The molecular formula is C22H27Cl2N5O3. The Morgan fingerprint density at radius 3 is 2.84 bits per heavy atom. The molecule has 1 amide bonds. The molecule has 0 aromatic carbocycles. The van der Waals surface area contributed by atoms with Crippen LogP contribution >= 0.6 is 23.2 Å². The van der Waals surface area contributed by atoms with Gasteiger partial charge in [-0.25, -0.2) is 9.97 Å². The van der Waals surface area contributed by atoms with Crippen LogP contribution in [0, 0.1) is 11.8 Å². The predicted octanol–water partition coefficient (Wildman–Crippen LogP) is 3.46. The molecule has 0 aliphatic carbocycles. The SMILES string of the molecule is CO[C@H]1CNC[C@@H]1C(=O)Nc1cc(-c2nc(NCC3CCOCC3)c(Cl)cc2Cl)ccn1. The predicted molar refractivity (Wildman–Crippen MR) is 125 cm³/mol. The molecule has 172 valence electrons. The fourth-order valence-electron chi connectivity index (χ4n) is 4.01. The van der Waals surface area contributed by atoms with E-state index in [1.165, 1.54) is 0 Å². The lowest BCUT2D eigenvalue weighted by molar-refractivity contribution is -0.122. The van der Waals surface area contributed by atoms with Crippen LogP contribution in [0.5, 0.6) is 0 Å². The van der Waals surface area contributed by atoms with E-state index in [2.05, 4.69) is 25.9 Å². The van der Waals surface area contributed by atoms with E-state index in [-0.39, 0.29) is 17.9 Å². The van der Waals surface area contributed by atoms with Crippen LogP contribution in [0.1, 0.15) is 12.8 Å². The number of hydrogen-bond donors (Lipinski definition) is 3. The Balaban J connectivity index is 1.49. The number of carbonyl (C=O) groups is 1. The van der Waals surface area contributed by atoms with Gasteiger partial charge in [-0.2, -0.15) is 0 Å². The van der Waals surface area contributed by atoms with Gasteiger partial charge in [0.15, 0.2) is 0 Å². The third-order valence-corrected chi connectivity index (χ3v) is 6.49. The number of nitrogens with one attached hydrogen (secondary N) is 3. The highest BCUT2D eigenvalue weighted by molar-refractivity contribution is 6.37. The number of aromatic nitrogens is 2. The summed E-state index contributed by atoms with van der Waals surface area (Å²) in [6.07, 6.45) is 3.49. The molecule has 2 atom stereocenters. The highest BCUT2D eigenvalue weighted by Gasteiger charge is 2.33. The van der Waals surface area contributed by atoms with Crippen LogP contribution in [0.15, 0.2) is 24.4 Å².